The number of ketones is 1. The lowest BCUT2D eigenvalue weighted by Crippen LogP contribution is -2.08. The summed E-state index contributed by atoms with van der Waals surface area (Å²) in [5.74, 6) is 1.80. The second-order valence-corrected chi connectivity index (χ2v) is 8.80. The third kappa shape index (κ3) is 4.47. The number of aromatic nitrogens is 4. The fraction of sp³-hybridized carbons (Fsp3) is 0.148. The lowest BCUT2D eigenvalue weighted by Gasteiger charge is -2.12. The molecule has 0 saturated carbocycles. The number of fused-ring (bicyclic) bond motifs is 1. The zero-order valence-electron chi connectivity index (χ0n) is 18.8. The second-order valence-electron chi connectivity index (χ2n) is 7.85. The van der Waals surface area contributed by atoms with Gasteiger partial charge in [0.2, 0.25) is 0 Å². The Bertz CT molecular complexity index is 1430. The summed E-state index contributed by atoms with van der Waals surface area (Å²) in [6, 6.07) is 25.9. The van der Waals surface area contributed by atoms with Gasteiger partial charge >= 0.3 is 0 Å². The van der Waals surface area contributed by atoms with Crippen LogP contribution < -0.4 is 4.74 Å². The second kappa shape index (κ2) is 9.97. The number of carbonyl (C=O) groups excluding carboxylic acids is 1. The van der Waals surface area contributed by atoms with Gasteiger partial charge in [0, 0.05) is 29.2 Å². The van der Waals surface area contributed by atoms with Gasteiger partial charge in [0.05, 0.1) is 18.4 Å². The van der Waals surface area contributed by atoms with E-state index in [0.29, 0.717) is 17.3 Å². The van der Waals surface area contributed by atoms with Gasteiger partial charge in [0.25, 0.3) is 0 Å². The number of nitrogens with one attached hydrogen (secondary N) is 1. The first-order valence-corrected chi connectivity index (χ1v) is 12.1. The van der Waals surface area contributed by atoms with Crippen LogP contribution in [-0.4, -0.2) is 38.4 Å². The molecule has 6 nitrogen and oxygen atoms in total. The van der Waals surface area contributed by atoms with Crippen LogP contribution in [0.2, 0.25) is 0 Å². The molecule has 0 fully saturated rings. The van der Waals surface area contributed by atoms with Crippen molar-refractivity contribution in [3.8, 4) is 17.1 Å². The maximum atomic E-state index is 13.0. The number of thioether (sulfide) groups is 1. The summed E-state index contributed by atoms with van der Waals surface area (Å²) in [5, 5.41) is 10.6. The summed E-state index contributed by atoms with van der Waals surface area (Å²) in [7, 11) is 1.65. The summed E-state index contributed by atoms with van der Waals surface area (Å²) in [5.41, 5.74) is 3.76. The molecule has 2 heterocycles. The Balaban J connectivity index is 1.42. The van der Waals surface area contributed by atoms with Gasteiger partial charge in [0.1, 0.15) is 5.75 Å². The number of para-hydroxylation sites is 2. The molecule has 0 atom stereocenters. The number of carbonyl (C=O) groups is 1. The highest BCUT2D eigenvalue weighted by molar-refractivity contribution is 7.99. The normalized spacial score (nSPS) is 11.1. The summed E-state index contributed by atoms with van der Waals surface area (Å²) < 4.78 is 7.65. The van der Waals surface area contributed by atoms with Crippen LogP contribution in [0, 0.1) is 0 Å². The molecule has 1 N–H and O–H groups in total. The first-order chi connectivity index (χ1) is 16.7. The smallest absolute Gasteiger partial charge is 0.191 e. The zero-order valence-corrected chi connectivity index (χ0v) is 19.6. The first-order valence-electron chi connectivity index (χ1n) is 11.1. The Morgan fingerprint density at radius 1 is 0.971 bits per heavy atom. The zero-order chi connectivity index (χ0) is 23.3. The number of benzene rings is 3. The van der Waals surface area contributed by atoms with Crippen molar-refractivity contribution >= 4 is 28.4 Å². The van der Waals surface area contributed by atoms with Crippen LogP contribution in [0.1, 0.15) is 15.9 Å². The number of H-pyrrole nitrogens is 1. The van der Waals surface area contributed by atoms with Crippen LogP contribution in [0.5, 0.6) is 5.75 Å². The molecule has 0 amide bonds. The molecule has 3 aromatic carbocycles. The fourth-order valence-electron chi connectivity index (χ4n) is 4.02. The molecular weight excluding hydrogens is 444 g/mol. The molecule has 0 spiro atoms. The molecule has 0 unspecified atom stereocenters. The van der Waals surface area contributed by atoms with Gasteiger partial charge in [-0.25, -0.2) is 0 Å². The number of hydrogen-bond acceptors (Lipinski definition) is 5. The maximum Gasteiger partial charge on any atom is 0.191 e. The number of Topliss-reactive ketones (excluding diaryl/α,β-unsaturated/α-hetero) is 1. The minimum atomic E-state index is 0.0545. The Morgan fingerprint density at radius 2 is 1.74 bits per heavy atom. The highest BCUT2D eigenvalue weighted by Gasteiger charge is 2.19. The van der Waals surface area contributed by atoms with Crippen molar-refractivity contribution in [2.45, 2.75) is 18.1 Å². The number of aryl methyl sites for hydroxylation is 1. The molecule has 2 aromatic heterocycles. The van der Waals surface area contributed by atoms with Gasteiger partial charge in [0.15, 0.2) is 16.8 Å². The van der Waals surface area contributed by atoms with Gasteiger partial charge in [-0.15, -0.1) is 10.2 Å². The van der Waals surface area contributed by atoms with E-state index in [1.165, 1.54) is 17.3 Å². The van der Waals surface area contributed by atoms with E-state index in [2.05, 4.69) is 31.9 Å². The van der Waals surface area contributed by atoms with Crippen molar-refractivity contribution in [3.05, 3.63) is 96.2 Å². The average Bonchev–Trinajstić information content (AvgIpc) is 3.51. The molecule has 7 heteroatoms. The van der Waals surface area contributed by atoms with E-state index >= 15 is 0 Å². The van der Waals surface area contributed by atoms with E-state index in [1.54, 1.807) is 13.3 Å². The summed E-state index contributed by atoms with van der Waals surface area (Å²) in [4.78, 5) is 16.2. The molecule has 0 aliphatic carbocycles. The van der Waals surface area contributed by atoms with Crippen LogP contribution in [0.25, 0.3) is 22.3 Å². The summed E-state index contributed by atoms with van der Waals surface area (Å²) in [6.45, 7) is 0.688. The molecule has 0 bridgehead atoms. The van der Waals surface area contributed by atoms with E-state index in [-0.39, 0.29) is 11.5 Å². The maximum absolute atomic E-state index is 13.0. The Hall–Kier alpha value is -3.84. The summed E-state index contributed by atoms with van der Waals surface area (Å²) in [6.07, 6.45) is 2.61. The third-order valence-electron chi connectivity index (χ3n) is 5.75. The van der Waals surface area contributed by atoms with Crippen LogP contribution in [0.15, 0.2) is 90.2 Å². The predicted molar refractivity (Wildman–Crippen MR) is 136 cm³/mol. The Kier molecular flexibility index (Phi) is 6.44. The van der Waals surface area contributed by atoms with Crippen LogP contribution in [0.3, 0.4) is 0 Å². The average molecular weight is 469 g/mol. The number of hydrogen-bond donors (Lipinski definition) is 1. The predicted octanol–water partition coefficient (Wildman–Crippen LogP) is 5.65. The van der Waals surface area contributed by atoms with Crippen molar-refractivity contribution in [2.24, 2.45) is 0 Å². The lowest BCUT2D eigenvalue weighted by atomic mass is 10.1. The van der Waals surface area contributed by atoms with E-state index in [0.717, 1.165) is 34.5 Å². The lowest BCUT2D eigenvalue weighted by molar-refractivity contribution is 0.102. The van der Waals surface area contributed by atoms with E-state index in [1.807, 2.05) is 66.7 Å². The number of ether oxygens (including phenoxy) is 1. The molecule has 0 aliphatic rings. The van der Waals surface area contributed by atoms with E-state index in [9.17, 15) is 4.79 Å². The van der Waals surface area contributed by atoms with Gasteiger partial charge in [-0.3, -0.25) is 4.79 Å². The third-order valence-corrected chi connectivity index (χ3v) is 6.72. The molecule has 170 valence electrons. The van der Waals surface area contributed by atoms with Crippen LogP contribution in [-0.2, 0) is 13.0 Å². The SMILES string of the molecule is COc1ccccc1-c1nnc(SCC(=O)c2c[nH]c3ccccc23)n1CCc1ccccc1. The Morgan fingerprint density at radius 3 is 2.59 bits per heavy atom. The van der Waals surface area contributed by atoms with Gasteiger partial charge < -0.3 is 14.3 Å². The van der Waals surface area contributed by atoms with Crippen LogP contribution in [0.4, 0.5) is 0 Å². The number of rotatable bonds is 9. The quantitative estimate of drug-likeness (QED) is 0.223. The number of nitrogens with zero attached hydrogens (tertiary/aromatic N) is 3. The molecule has 5 rings (SSSR count). The van der Waals surface area contributed by atoms with E-state index in [4.69, 9.17) is 4.74 Å². The minimum Gasteiger partial charge on any atom is -0.496 e. The van der Waals surface area contributed by atoms with Crippen molar-refractivity contribution in [1.82, 2.24) is 19.7 Å². The van der Waals surface area contributed by atoms with Crippen molar-refractivity contribution < 1.29 is 9.53 Å². The highest BCUT2D eigenvalue weighted by atomic mass is 32.2. The minimum absolute atomic E-state index is 0.0545. The van der Waals surface area contributed by atoms with Crippen molar-refractivity contribution in [1.29, 1.82) is 0 Å². The van der Waals surface area contributed by atoms with E-state index < -0.39 is 0 Å². The molecule has 5 aromatic rings. The summed E-state index contributed by atoms with van der Waals surface area (Å²) >= 11 is 1.41. The highest BCUT2D eigenvalue weighted by Crippen LogP contribution is 2.31. The Labute approximate surface area is 202 Å². The van der Waals surface area contributed by atoms with Crippen LogP contribution >= 0.6 is 11.8 Å². The topological polar surface area (TPSA) is 72.8 Å². The monoisotopic (exact) mass is 468 g/mol. The van der Waals surface area contributed by atoms with Crippen molar-refractivity contribution in [3.63, 3.8) is 0 Å². The molecular formula is C27H24N4O2S. The standard InChI is InChI=1S/C27H24N4O2S/c1-33-25-14-8-6-12-21(25)26-29-30-27(31(26)16-15-19-9-3-2-4-10-19)34-18-24(32)22-17-28-23-13-7-5-11-20(22)23/h2-14,17,28H,15-16,18H2,1H3. The van der Waals surface area contributed by atoms with Gasteiger partial charge in [-0.05, 0) is 30.2 Å². The molecule has 34 heavy (non-hydrogen) atoms. The van der Waals surface area contributed by atoms with Gasteiger partial charge in [-0.2, -0.15) is 0 Å². The van der Waals surface area contributed by atoms with Gasteiger partial charge in [-0.1, -0.05) is 72.4 Å². The molecule has 0 radical (unpaired) electrons. The molecule has 0 aliphatic heterocycles. The number of methoxy groups -OCH3 is 1. The first kappa shape index (κ1) is 22.0. The molecule has 0 saturated heterocycles. The van der Waals surface area contributed by atoms with Crippen molar-refractivity contribution in [2.75, 3.05) is 12.9 Å². The number of aromatic amines is 1. The fourth-order valence-corrected chi connectivity index (χ4v) is 4.87. The largest absolute Gasteiger partial charge is 0.496 e.